The summed E-state index contributed by atoms with van der Waals surface area (Å²) in [5.41, 5.74) is 4.93. The first-order valence-corrected chi connectivity index (χ1v) is 14.6. The van der Waals surface area contributed by atoms with Crippen LogP contribution in [0.3, 0.4) is 0 Å². The fourth-order valence-electron chi connectivity index (χ4n) is 5.00. The van der Waals surface area contributed by atoms with Crippen molar-refractivity contribution < 1.29 is 14.4 Å². The minimum Gasteiger partial charge on any atom is -0.368 e. The first-order chi connectivity index (χ1) is 20.8. The van der Waals surface area contributed by atoms with Crippen LogP contribution in [0.5, 0.6) is 0 Å². The van der Waals surface area contributed by atoms with E-state index in [2.05, 4.69) is 15.5 Å². The van der Waals surface area contributed by atoms with Crippen molar-refractivity contribution in [2.24, 2.45) is 0 Å². The molecule has 220 valence electrons. The number of aryl methyl sites for hydroxylation is 1. The van der Waals surface area contributed by atoms with Gasteiger partial charge in [0.2, 0.25) is 5.91 Å². The molecule has 0 aromatic heterocycles. The molecule has 43 heavy (non-hydrogen) atoms. The molecule has 4 aromatic carbocycles. The van der Waals surface area contributed by atoms with Gasteiger partial charge >= 0.3 is 6.03 Å². The molecule has 1 aliphatic heterocycles. The SMILES string of the molecule is Cc1cccc(NC(=O)N2CCN(c3ccc(NC(=O)CN(Cc4ccccc4)C(=O)c4ccc(Cl)cc4)cc3)CC2)c1. The molecule has 2 N–H and O–H groups in total. The molecule has 1 saturated heterocycles. The predicted octanol–water partition coefficient (Wildman–Crippen LogP) is 6.28. The lowest BCUT2D eigenvalue weighted by Crippen LogP contribution is -2.50. The van der Waals surface area contributed by atoms with Gasteiger partial charge in [-0.1, -0.05) is 54.1 Å². The van der Waals surface area contributed by atoms with Crippen LogP contribution in [0.2, 0.25) is 5.02 Å². The zero-order chi connectivity index (χ0) is 30.2. The Morgan fingerprint density at radius 3 is 2.14 bits per heavy atom. The number of amides is 4. The first-order valence-electron chi connectivity index (χ1n) is 14.2. The number of nitrogens with one attached hydrogen (secondary N) is 2. The average Bonchev–Trinajstić information content (AvgIpc) is 3.02. The van der Waals surface area contributed by atoms with E-state index in [1.54, 1.807) is 24.3 Å². The highest BCUT2D eigenvalue weighted by molar-refractivity contribution is 6.30. The Labute approximate surface area is 256 Å². The summed E-state index contributed by atoms with van der Waals surface area (Å²) in [6.45, 7) is 4.80. The van der Waals surface area contributed by atoms with Crippen molar-refractivity contribution in [3.05, 3.63) is 125 Å². The summed E-state index contributed by atoms with van der Waals surface area (Å²) in [5.74, 6) is -0.544. The molecule has 1 heterocycles. The lowest BCUT2D eigenvalue weighted by Gasteiger charge is -2.36. The second-order valence-corrected chi connectivity index (χ2v) is 11.0. The van der Waals surface area contributed by atoms with Gasteiger partial charge in [0, 0.05) is 60.4 Å². The molecule has 1 fully saturated rings. The molecule has 1 aliphatic rings. The van der Waals surface area contributed by atoms with E-state index in [1.165, 1.54) is 4.90 Å². The highest BCUT2D eigenvalue weighted by atomic mass is 35.5. The lowest BCUT2D eigenvalue weighted by atomic mass is 10.1. The fraction of sp³-hybridized carbons (Fsp3) is 0.206. The number of piperazine rings is 1. The molecule has 0 aliphatic carbocycles. The second kappa shape index (κ2) is 13.9. The van der Waals surface area contributed by atoms with Crippen LogP contribution in [0.4, 0.5) is 21.9 Å². The molecule has 0 unspecified atom stereocenters. The minimum absolute atomic E-state index is 0.0980. The van der Waals surface area contributed by atoms with E-state index in [1.807, 2.05) is 90.7 Å². The van der Waals surface area contributed by atoms with E-state index >= 15 is 0 Å². The van der Waals surface area contributed by atoms with Crippen molar-refractivity contribution in [2.45, 2.75) is 13.5 Å². The van der Waals surface area contributed by atoms with Gasteiger partial charge in [-0.3, -0.25) is 9.59 Å². The van der Waals surface area contributed by atoms with Gasteiger partial charge in [-0.15, -0.1) is 0 Å². The van der Waals surface area contributed by atoms with E-state index in [-0.39, 0.29) is 24.4 Å². The standard InChI is InChI=1S/C34H34ClN5O3/c1-25-6-5-9-30(22-25)37-34(43)39-20-18-38(19-21-39)31-16-14-29(15-17-31)36-32(41)24-40(23-26-7-3-2-4-8-26)33(42)27-10-12-28(35)13-11-27/h2-17,22H,18-21,23-24H2,1H3,(H,36,41)(H,37,43). The summed E-state index contributed by atoms with van der Waals surface area (Å²) in [6.07, 6.45) is 0. The molecule has 0 bridgehead atoms. The summed E-state index contributed by atoms with van der Waals surface area (Å²) in [6, 6.07) is 31.5. The van der Waals surface area contributed by atoms with E-state index in [0.717, 1.165) is 22.5 Å². The van der Waals surface area contributed by atoms with Crippen LogP contribution in [0.15, 0.2) is 103 Å². The van der Waals surface area contributed by atoms with Crippen LogP contribution in [0.1, 0.15) is 21.5 Å². The number of halogens is 1. The molecular weight excluding hydrogens is 562 g/mol. The van der Waals surface area contributed by atoms with Crippen molar-refractivity contribution in [3.8, 4) is 0 Å². The molecule has 4 amide bonds. The van der Waals surface area contributed by atoms with Gasteiger partial charge in [-0.05, 0) is 78.7 Å². The second-order valence-electron chi connectivity index (χ2n) is 10.5. The molecule has 4 aromatic rings. The maximum absolute atomic E-state index is 13.3. The number of hydrogen-bond acceptors (Lipinski definition) is 4. The first kappa shape index (κ1) is 29.7. The Bertz CT molecular complexity index is 1550. The van der Waals surface area contributed by atoms with Crippen LogP contribution in [0.25, 0.3) is 0 Å². The quantitative estimate of drug-likeness (QED) is 0.251. The van der Waals surface area contributed by atoms with Gasteiger partial charge < -0.3 is 25.3 Å². The number of rotatable bonds is 8. The maximum atomic E-state index is 13.3. The fourth-order valence-corrected chi connectivity index (χ4v) is 5.13. The Hall–Kier alpha value is -4.82. The van der Waals surface area contributed by atoms with E-state index in [9.17, 15) is 14.4 Å². The summed E-state index contributed by atoms with van der Waals surface area (Å²) in [5, 5.41) is 6.44. The number of benzene rings is 4. The average molecular weight is 596 g/mol. The van der Waals surface area contributed by atoms with Crippen molar-refractivity contribution in [1.82, 2.24) is 9.80 Å². The molecule has 0 atom stereocenters. The van der Waals surface area contributed by atoms with Gasteiger partial charge in [0.15, 0.2) is 0 Å². The Balaban J connectivity index is 1.16. The lowest BCUT2D eigenvalue weighted by molar-refractivity contribution is -0.117. The number of urea groups is 1. The van der Waals surface area contributed by atoms with Gasteiger partial charge in [-0.2, -0.15) is 0 Å². The van der Waals surface area contributed by atoms with Crippen LogP contribution in [-0.4, -0.2) is 60.4 Å². The topological polar surface area (TPSA) is 85.0 Å². The van der Waals surface area contributed by atoms with Crippen molar-refractivity contribution in [3.63, 3.8) is 0 Å². The minimum atomic E-state index is -0.292. The van der Waals surface area contributed by atoms with E-state index < -0.39 is 0 Å². The monoisotopic (exact) mass is 595 g/mol. The summed E-state index contributed by atoms with van der Waals surface area (Å²) < 4.78 is 0. The summed E-state index contributed by atoms with van der Waals surface area (Å²) >= 11 is 6.00. The number of hydrogen-bond donors (Lipinski definition) is 2. The molecule has 9 heteroatoms. The summed E-state index contributed by atoms with van der Waals surface area (Å²) in [4.78, 5) is 44.6. The van der Waals surface area contributed by atoms with Gasteiger partial charge in [-0.25, -0.2) is 4.79 Å². The van der Waals surface area contributed by atoms with Gasteiger partial charge in [0.05, 0.1) is 0 Å². The van der Waals surface area contributed by atoms with Crippen molar-refractivity contribution in [1.29, 1.82) is 0 Å². The van der Waals surface area contributed by atoms with Crippen LogP contribution >= 0.6 is 11.6 Å². The van der Waals surface area contributed by atoms with Gasteiger partial charge in [0.1, 0.15) is 6.54 Å². The van der Waals surface area contributed by atoms with Crippen LogP contribution < -0.4 is 15.5 Å². The third kappa shape index (κ3) is 8.14. The number of carbonyl (C=O) groups is 3. The Morgan fingerprint density at radius 1 is 0.767 bits per heavy atom. The van der Waals surface area contributed by atoms with Crippen molar-refractivity contribution in [2.75, 3.05) is 48.3 Å². The summed E-state index contributed by atoms with van der Waals surface area (Å²) in [7, 11) is 0. The molecular formula is C34H34ClN5O3. The smallest absolute Gasteiger partial charge is 0.321 e. The maximum Gasteiger partial charge on any atom is 0.321 e. The van der Waals surface area contributed by atoms with Gasteiger partial charge in [0.25, 0.3) is 5.91 Å². The molecule has 0 spiro atoms. The van der Waals surface area contributed by atoms with Crippen LogP contribution in [0, 0.1) is 6.92 Å². The Kier molecular flexibility index (Phi) is 9.59. The largest absolute Gasteiger partial charge is 0.368 e. The number of carbonyl (C=O) groups excluding carboxylic acids is 3. The normalized spacial score (nSPS) is 12.9. The third-order valence-electron chi connectivity index (χ3n) is 7.28. The van der Waals surface area contributed by atoms with Crippen LogP contribution in [-0.2, 0) is 11.3 Å². The predicted molar refractivity (Wildman–Crippen MR) is 172 cm³/mol. The third-order valence-corrected chi connectivity index (χ3v) is 7.53. The zero-order valence-corrected chi connectivity index (χ0v) is 24.8. The molecule has 5 rings (SSSR count). The molecule has 8 nitrogen and oxygen atoms in total. The molecule has 0 saturated carbocycles. The van der Waals surface area contributed by atoms with Crippen molar-refractivity contribution >= 4 is 46.5 Å². The number of anilines is 3. The Morgan fingerprint density at radius 2 is 1.47 bits per heavy atom. The zero-order valence-electron chi connectivity index (χ0n) is 24.0. The number of nitrogens with zero attached hydrogens (tertiary/aromatic N) is 3. The highest BCUT2D eigenvalue weighted by Gasteiger charge is 2.22. The highest BCUT2D eigenvalue weighted by Crippen LogP contribution is 2.21. The van der Waals surface area contributed by atoms with E-state index in [0.29, 0.717) is 49.0 Å². The van der Waals surface area contributed by atoms with E-state index in [4.69, 9.17) is 11.6 Å². The molecule has 0 radical (unpaired) electrons.